The van der Waals surface area contributed by atoms with Gasteiger partial charge in [0.15, 0.2) is 0 Å². The number of H-pyrrole nitrogens is 1. The highest BCUT2D eigenvalue weighted by molar-refractivity contribution is 7.18. The van der Waals surface area contributed by atoms with E-state index >= 15 is 0 Å². The molecule has 0 aliphatic carbocycles. The van der Waals surface area contributed by atoms with Gasteiger partial charge in [0, 0.05) is 31.1 Å². The lowest BCUT2D eigenvalue weighted by molar-refractivity contribution is 0.832. The second-order valence-corrected chi connectivity index (χ2v) is 6.95. The highest BCUT2D eigenvalue weighted by Gasteiger charge is 2.17. The van der Waals surface area contributed by atoms with Gasteiger partial charge in [-0.05, 0) is 37.9 Å². The fourth-order valence-electron chi connectivity index (χ4n) is 2.61. The Labute approximate surface area is 139 Å². The van der Waals surface area contributed by atoms with Crippen molar-refractivity contribution in [1.82, 2.24) is 20.2 Å². The van der Waals surface area contributed by atoms with Crippen LogP contribution in [0.15, 0.2) is 12.4 Å². The maximum absolute atomic E-state index is 5.69. The van der Waals surface area contributed by atoms with Crippen LogP contribution in [0, 0.1) is 13.8 Å². The normalized spacial score (nSPS) is 11.3. The first-order valence-corrected chi connectivity index (χ1v) is 8.57. The molecule has 0 saturated carbocycles. The topological polar surface area (TPSA) is 83.7 Å². The van der Waals surface area contributed by atoms with Gasteiger partial charge in [-0.15, -0.1) is 11.3 Å². The monoisotopic (exact) mass is 330 g/mol. The fourth-order valence-corrected chi connectivity index (χ4v) is 3.65. The predicted octanol–water partition coefficient (Wildman–Crippen LogP) is 2.21. The number of aromatic amines is 1. The van der Waals surface area contributed by atoms with Gasteiger partial charge >= 0.3 is 0 Å². The van der Waals surface area contributed by atoms with Crippen LogP contribution < -0.4 is 10.6 Å². The Morgan fingerprint density at radius 1 is 1.26 bits per heavy atom. The molecule has 0 amide bonds. The molecule has 0 bridgehead atoms. The summed E-state index contributed by atoms with van der Waals surface area (Å²) in [5.74, 6) is 1.83. The maximum Gasteiger partial charge on any atom is 0.141 e. The third-order valence-electron chi connectivity index (χ3n) is 4.08. The van der Waals surface area contributed by atoms with Crippen LogP contribution in [0.2, 0.25) is 0 Å². The number of nitrogens with two attached hydrogens (primary N) is 1. The molecule has 7 heteroatoms. The number of aryl methyl sites for hydroxylation is 2. The highest BCUT2D eigenvalue weighted by Crippen LogP contribution is 2.34. The first-order valence-electron chi connectivity index (χ1n) is 7.75. The minimum Gasteiger partial charge on any atom is -0.359 e. The molecule has 23 heavy (non-hydrogen) atoms. The largest absolute Gasteiger partial charge is 0.359 e. The molecule has 3 aromatic heterocycles. The summed E-state index contributed by atoms with van der Waals surface area (Å²) in [4.78, 5) is 14.0. The Morgan fingerprint density at radius 3 is 2.78 bits per heavy atom. The number of nitrogens with zero attached hydrogens (tertiary/aromatic N) is 4. The number of anilines is 1. The van der Waals surface area contributed by atoms with E-state index in [9.17, 15) is 0 Å². The molecule has 3 heterocycles. The third-order valence-corrected chi connectivity index (χ3v) is 5.18. The fraction of sp³-hybridized carbons (Fsp3) is 0.438. The molecule has 0 spiro atoms. The van der Waals surface area contributed by atoms with Gasteiger partial charge in [0.2, 0.25) is 0 Å². The van der Waals surface area contributed by atoms with Crippen molar-refractivity contribution in [2.75, 3.05) is 25.0 Å². The summed E-state index contributed by atoms with van der Waals surface area (Å²) >= 11 is 1.73. The van der Waals surface area contributed by atoms with Gasteiger partial charge in [-0.1, -0.05) is 0 Å². The Morgan fingerprint density at radius 2 is 2.09 bits per heavy atom. The molecule has 0 fully saturated rings. The molecular weight excluding hydrogens is 308 g/mol. The second-order valence-electron chi connectivity index (χ2n) is 5.74. The SMILES string of the molecule is Cc1sc2nc(CCN)nc(N(C)CCc3cn[nH]c3)c2c1C. The Hall–Kier alpha value is -1.99. The number of fused-ring (bicyclic) bond motifs is 1. The van der Waals surface area contributed by atoms with Crippen LogP contribution >= 0.6 is 11.3 Å². The molecule has 3 aromatic rings. The van der Waals surface area contributed by atoms with Gasteiger partial charge in [-0.3, -0.25) is 5.10 Å². The minimum absolute atomic E-state index is 0.563. The average molecular weight is 330 g/mol. The second kappa shape index (κ2) is 6.64. The smallest absolute Gasteiger partial charge is 0.141 e. The first kappa shape index (κ1) is 15.9. The summed E-state index contributed by atoms with van der Waals surface area (Å²) in [5.41, 5.74) is 8.16. The van der Waals surface area contributed by atoms with Gasteiger partial charge in [-0.2, -0.15) is 5.10 Å². The van der Waals surface area contributed by atoms with Crippen LogP contribution in [0.25, 0.3) is 10.2 Å². The van der Waals surface area contributed by atoms with E-state index in [2.05, 4.69) is 41.0 Å². The van der Waals surface area contributed by atoms with Crippen molar-refractivity contribution in [3.8, 4) is 0 Å². The standard InChI is InChI=1S/C16H22N6S/c1-10-11(2)23-16-14(10)15(20-13(21-16)4-6-17)22(3)7-5-12-8-18-19-9-12/h8-9H,4-7,17H2,1-3H3,(H,18,19). The summed E-state index contributed by atoms with van der Waals surface area (Å²) in [6.07, 6.45) is 5.42. The van der Waals surface area contributed by atoms with E-state index in [0.717, 1.165) is 29.4 Å². The van der Waals surface area contributed by atoms with Crippen LogP contribution in [0.4, 0.5) is 5.82 Å². The Kier molecular flexibility index (Phi) is 4.58. The minimum atomic E-state index is 0.563. The van der Waals surface area contributed by atoms with Gasteiger partial charge < -0.3 is 10.6 Å². The third kappa shape index (κ3) is 3.20. The average Bonchev–Trinajstić information content (AvgIpc) is 3.14. The molecule has 122 valence electrons. The lowest BCUT2D eigenvalue weighted by Gasteiger charge is -2.20. The molecule has 0 unspecified atom stereocenters. The molecule has 0 saturated heterocycles. The summed E-state index contributed by atoms with van der Waals surface area (Å²) < 4.78 is 0. The summed E-state index contributed by atoms with van der Waals surface area (Å²) in [5, 5.41) is 8.02. The quantitative estimate of drug-likeness (QED) is 0.724. The van der Waals surface area contributed by atoms with Crippen molar-refractivity contribution in [3.63, 3.8) is 0 Å². The van der Waals surface area contributed by atoms with E-state index in [4.69, 9.17) is 10.7 Å². The number of hydrogen-bond donors (Lipinski definition) is 2. The zero-order chi connectivity index (χ0) is 16.4. The van der Waals surface area contributed by atoms with Crippen molar-refractivity contribution in [2.45, 2.75) is 26.7 Å². The number of thiophene rings is 1. The van der Waals surface area contributed by atoms with Crippen molar-refractivity contribution in [1.29, 1.82) is 0 Å². The highest BCUT2D eigenvalue weighted by atomic mass is 32.1. The molecule has 3 rings (SSSR count). The Bertz CT molecular complexity index is 793. The van der Waals surface area contributed by atoms with E-state index in [1.54, 1.807) is 11.3 Å². The molecule has 0 atom stereocenters. The number of rotatable bonds is 6. The van der Waals surface area contributed by atoms with Gasteiger partial charge in [0.05, 0.1) is 11.6 Å². The van der Waals surface area contributed by atoms with Crippen LogP contribution in [0.1, 0.15) is 21.8 Å². The van der Waals surface area contributed by atoms with Crippen molar-refractivity contribution >= 4 is 27.4 Å². The Balaban J connectivity index is 1.96. The van der Waals surface area contributed by atoms with E-state index < -0.39 is 0 Å². The van der Waals surface area contributed by atoms with E-state index in [0.29, 0.717) is 13.0 Å². The lowest BCUT2D eigenvalue weighted by atomic mass is 10.2. The first-order chi connectivity index (χ1) is 11.1. The van der Waals surface area contributed by atoms with Crippen molar-refractivity contribution < 1.29 is 0 Å². The van der Waals surface area contributed by atoms with Crippen LogP contribution in [-0.2, 0) is 12.8 Å². The van der Waals surface area contributed by atoms with Crippen LogP contribution in [0.3, 0.4) is 0 Å². The summed E-state index contributed by atoms with van der Waals surface area (Å²) in [6.45, 7) is 5.72. The van der Waals surface area contributed by atoms with Crippen LogP contribution in [0.5, 0.6) is 0 Å². The molecule has 3 N–H and O–H groups in total. The number of nitrogens with one attached hydrogen (secondary N) is 1. The van der Waals surface area contributed by atoms with Gasteiger partial charge in [0.25, 0.3) is 0 Å². The number of aromatic nitrogens is 4. The van der Waals surface area contributed by atoms with Gasteiger partial charge in [0.1, 0.15) is 16.5 Å². The van der Waals surface area contributed by atoms with Crippen molar-refractivity contribution in [3.05, 3.63) is 34.2 Å². The van der Waals surface area contributed by atoms with Gasteiger partial charge in [-0.25, -0.2) is 9.97 Å². The van der Waals surface area contributed by atoms with E-state index in [1.807, 2.05) is 12.4 Å². The van der Waals surface area contributed by atoms with E-state index in [1.165, 1.54) is 21.4 Å². The molecule has 0 aromatic carbocycles. The molecule has 0 aliphatic rings. The zero-order valence-corrected chi connectivity index (χ0v) is 14.6. The molecular formula is C16H22N6S. The molecule has 0 aliphatic heterocycles. The number of hydrogen-bond acceptors (Lipinski definition) is 6. The maximum atomic E-state index is 5.69. The zero-order valence-electron chi connectivity index (χ0n) is 13.8. The predicted molar refractivity (Wildman–Crippen MR) is 95.2 cm³/mol. The van der Waals surface area contributed by atoms with Crippen molar-refractivity contribution in [2.24, 2.45) is 5.73 Å². The van der Waals surface area contributed by atoms with E-state index in [-0.39, 0.29) is 0 Å². The summed E-state index contributed by atoms with van der Waals surface area (Å²) in [6, 6.07) is 0. The lowest BCUT2D eigenvalue weighted by Crippen LogP contribution is -2.22. The summed E-state index contributed by atoms with van der Waals surface area (Å²) in [7, 11) is 2.08. The van der Waals surface area contributed by atoms with Crippen LogP contribution in [-0.4, -0.2) is 40.3 Å². The molecule has 6 nitrogen and oxygen atoms in total. The number of likely N-dealkylation sites (N-methyl/N-ethyl adjacent to an activating group) is 1. The molecule has 0 radical (unpaired) electrons.